The van der Waals surface area contributed by atoms with Crippen molar-refractivity contribution in [1.82, 2.24) is 15.2 Å². The van der Waals surface area contributed by atoms with Crippen LogP contribution in [0.15, 0.2) is 69.0 Å². The van der Waals surface area contributed by atoms with Crippen LogP contribution in [0.4, 0.5) is 10.1 Å². The maximum absolute atomic E-state index is 13.2. The molecule has 0 atom stereocenters. The Morgan fingerprint density at radius 3 is 2.47 bits per heavy atom. The van der Waals surface area contributed by atoms with Gasteiger partial charge in [-0.2, -0.15) is 0 Å². The van der Waals surface area contributed by atoms with Gasteiger partial charge in [0, 0.05) is 17.9 Å². The number of hydrogen-bond donors (Lipinski definition) is 1. The van der Waals surface area contributed by atoms with Gasteiger partial charge in [0.1, 0.15) is 11.5 Å². The number of furan rings is 2. The molecule has 0 radical (unpaired) electrons. The van der Waals surface area contributed by atoms with Crippen molar-refractivity contribution < 1.29 is 18.0 Å². The second kappa shape index (κ2) is 9.10. The zero-order valence-corrected chi connectivity index (χ0v) is 16.9. The van der Waals surface area contributed by atoms with Gasteiger partial charge in [-0.3, -0.25) is 4.79 Å². The van der Waals surface area contributed by atoms with Gasteiger partial charge in [0.25, 0.3) is 0 Å². The minimum Gasteiger partial charge on any atom is -0.463 e. The van der Waals surface area contributed by atoms with Crippen LogP contribution in [0.1, 0.15) is 6.42 Å². The Labute approximate surface area is 179 Å². The molecule has 7 nitrogen and oxygen atoms in total. The third-order valence-electron chi connectivity index (χ3n) is 3.94. The van der Waals surface area contributed by atoms with Crippen LogP contribution < -0.4 is 5.32 Å². The van der Waals surface area contributed by atoms with Gasteiger partial charge in [0.2, 0.25) is 11.1 Å². The molecule has 0 fully saturated rings. The number of carbonyl (C=O) groups excluding carboxylic acids is 1. The average Bonchev–Trinajstić information content (AvgIpc) is 3.45. The van der Waals surface area contributed by atoms with E-state index in [0.717, 1.165) is 0 Å². The smallest absolute Gasteiger partial charge is 0.225 e. The predicted molar refractivity (Wildman–Crippen MR) is 111 cm³/mol. The van der Waals surface area contributed by atoms with Gasteiger partial charge in [0.05, 0.1) is 17.5 Å². The van der Waals surface area contributed by atoms with Crippen molar-refractivity contribution in [2.75, 3.05) is 11.1 Å². The molecule has 0 unspecified atom stereocenters. The summed E-state index contributed by atoms with van der Waals surface area (Å²) in [6.45, 7) is 0. The Morgan fingerprint density at radius 2 is 1.80 bits per heavy atom. The first kappa shape index (κ1) is 20.1. The quantitative estimate of drug-likeness (QED) is 0.386. The molecule has 0 aliphatic carbocycles. The van der Waals surface area contributed by atoms with Crippen molar-refractivity contribution in [1.29, 1.82) is 0 Å². The van der Waals surface area contributed by atoms with E-state index >= 15 is 0 Å². The second-order valence-electron chi connectivity index (χ2n) is 6.02. The molecule has 0 aliphatic rings. The number of aromatic nitrogens is 3. The van der Waals surface area contributed by atoms with Crippen LogP contribution in [0, 0.1) is 5.82 Å². The first-order valence-electron chi connectivity index (χ1n) is 8.80. The highest BCUT2D eigenvalue weighted by Crippen LogP contribution is 2.30. The normalized spacial score (nSPS) is 10.9. The molecule has 30 heavy (non-hydrogen) atoms. The second-order valence-corrected chi connectivity index (χ2v) is 7.49. The molecule has 0 saturated heterocycles. The lowest BCUT2D eigenvalue weighted by Gasteiger charge is -2.07. The summed E-state index contributed by atoms with van der Waals surface area (Å²) >= 11 is 7.00. The van der Waals surface area contributed by atoms with Crippen LogP contribution in [-0.2, 0) is 4.79 Å². The summed E-state index contributed by atoms with van der Waals surface area (Å²) in [7, 11) is 0. The van der Waals surface area contributed by atoms with Crippen molar-refractivity contribution in [3.63, 3.8) is 0 Å². The lowest BCUT2D eigenvalue weighted by molar-refractivity contribution is -0.115. The summed E-state index contributed by atoms with van der Waals surface area (Å²) in [4.78, 5) is 16.6. The Bertz CT molecular complexity index is 1150. The Hall–Kier alpha value is -3.17. The summed E-state index contributed by atoms with van der Waals surface area (Å²) in [5, 5.41) is 11.4. The lowest BCUT2D eigenvalue weighted by atomic mass is 10.2. The maximum Gasteiger partial charge on any atom is 0.225 e. The fourth-order valence-electron chi connectivity index (χ4n) is 2.57. The number of benzene rings is 1. The number of amides is 1. The Kier molecular flexibility index (Phi) is 6.10. The Morgan fingerprint density at radius 1 is 1.07 bits per heavy atom. The van der Waals surface area contributed by atoms with E-state index in [2.05, 4.69) is 20.5 Å². The highest BCUT2D eigenvalue weighted by molar-refractivity contribution is 7.99. The molecule has 10 heteroatoms. The zero-order chi connectivity index (χ0) is 20.9. The van der Waals surface area contributed by atoms with Crippen LogP contribution in [0.3, 0.4) is 0 Å². The first-order valence-corrected chi connectivity index (χ1v) is 10.2. The Balaban J connectivity index is 1.42. The van der Waals surface area contributed by atoms with Gasteiger partial charge >= 0.3 is 0 Å². The van der Waals surface area contributed by atoms with E-state index in [9.17, 15) is 9.18 Å². The predicted octanol–water partition coefficient (Wildman–Crippen LogP) is 5.31. The summed E-state index contributed by atoms with van der Waals surface area (Å²) < 4.78 is 24.1. The van der Waals surface area contributed by atoms with Crippen LogP contribution >= 0.6 is 23.4 Å². The van der Waals surface area contributed by atoms with Crippen molar-refractivity contribution in [2.45, 2.75) is 11.6 Å². The van der Waals surface area contributed by atoms with Gasteiger partial charge in [0.15, 0.2) is 17.2 Å². The van der Waals surface area contributed by atoms with Crippen LogP contribution in [0.25, 0.3) is 22.9 Å². The molecule has 0 saturated carbocycles. The first-order chi connectivity index (χ1) is 14.6. The minimum atomic E-state index is -0.541. The van der Waals surface area contributed by atoms with E-state index in [0.29, 0.717) is 39.5 Å². The number of nitrogens with one attached hydrogen (secondary N) is 1. The van der Waals surface area contributed by atoms with Crippen molar-refractivity contribution in [3.05, 3.63) is 65.8 Å². The molecule has 4 rings (SSSR count). The zero-order valence-electron chi connectivity index (χ0n) is 15.3. The molecule has 4 aromatic rings. The molecule has 0 aliphatic heterocycles. The van der Waals surface area contributed by atoms with Crippen LogP contribution in [0.5, 0.6) is 0 Å². The maximum atomic E-state index is 13.2. The monoisotopic (exact) mass is 444 g/mol. The summed E-state index contributed by atoms with van der Waals surface area (Å²) in [5.74, 6) is 0.691. The minimum absolute atomic E-state index is 0.0521. The van der Waals surface area contributed by atoms with Crippen LogP contribution in [-0.4, -0.2) is 26.8 Å². The summed E-state index contributed by atoms with van der Waals surface area (Å²) in [5.41, 5.74) is 1.39. The molecule has 1 amide bonds. The largest absolute Gasteiger partial charge is 0.463 e. The SMILES string of the molecule is O=C(CCSc1nnc(-c2ccco2)c(-c2ccco2)n1)Nc1ccc(F)c(Cl)c1. The van der Waals surface area contributed by atoms with Gasteiger partial charge in [-0.25, -0.2) is 9.37 Å². The van der Waals surface area contributed by atoms with Crippen molar-refractivity contribution >= 4 is 35.0 Å². The number of hydrogen-bond acceptors (Lipinski definition) is 7. The highest BCUT2D eigenvalue weighted by atomic mass is 35.5. The van der Waals surface area contributed by atoms with Gasteiger partial charge < -0.3 is 14.2 Å². The number of thioether (sulfide) groups is 1. The van der Waals surface area contributed by atoms with E-state index in [4.69, 9.17) is 20.4 Å². The number of rotatable bonds is 7. The standard InChI is InChI=1S/C20H14ClFN4O3S/c21-13-11-12(5-6-14(13)22)23-17(27)7-10-30-20-24-18(15-3-1-8-28-15)19(25-26-20)16-4-2-9-29-16/h1-6,8-9,11H,7,10H2,(H,23,27). The van der Waals surface area contributed by atoms with Crippen LogP contribution in [0.2, 0.25) is 5.02 Å². The topological polar surface area (TPSA) is 94.0 Å². The summed E-state index contributed by atoms with van der Waals surface area (Å²) in [6.07, 6.45) is 3.28. The van der Waals surface area contributed by atoms with E-state index in [-0.39, 0.29) is 17.4 Å². The molecular weight excluding hydrogens is 431 g/mol. The number of halogens is 2. The summed E-state index contributed by atoms with van der Waals surface area (Å²) in [6, 6.07) is 11.0. The van der Waals surface area contributed by atoms with Gasteiger partial charge in [-0.15, -0.1) is 10.2 Å². The molecule has 1 N–H and O–H groups in total. The fourth-order valence-corrected chi connectivity index (χ4v) is 3.47. The van der Waals surface area contributed by atoms with E-state index in [1.165, 1.54) is 30.0 Å². The molecule has 0 bridgehead atoms. The lowest BCUT2D eigenvalue weighted by Crippen LogP contribution is -2.12. The fraction of sp³-hybridized carbons (Fsp3) is 0.100. The van der Waals surface area contributed by atoms with E-state index in [1.807, 2.05) is 0 Å². The van der Waals surface area contributed by atoms with E-state index in [1.54, 1.807) is 36.8 Å². The molecule has 152 valence electrons. The molecule has 1 aromatic carbocycles. The van der Waals surface area contributed by atoms with Crippen molar-refractivity contribution in [2.24, 2.45) is 0 Å². The molecule has 3 aromatic heterocycles. The van der Waals surface area contributed by atoms with Gasteiger partial charge in [-0.05, 0) is 42.5 Å². The highest BCUT2D eigenvalue weighted by Gasteiger charge is 2.18. The third kappa shape index (κ3) is 4.69. The van der Waals surface area contributed by atoms with E-state index < -0.39 is 5.82 Å². The number of nitrogens with zero attached hydrogens (tertiary/aromatic N) is 3. The third-order valence-corrected chi connectivity index (χ3v) is 5.07. The van der Waals surface area contributed by atoms with Crippen molar-refractivity contribution in [3.8, 4) is 22.9 Å². The molecule has 3 heterocycles. The molecule has 0 spiro atoms. The number of anilines is 1. The molecular formula is C20H14ClFN4O3S. The average molecular weight is 445 g/mol. The van der Waals surface area contributed by atoms with Gasteiger partial charge in [-0.1, -0.05) is 23.4 Å². The number of carbonyl (C=O) groups is 1.